The molecule has 2 fully saturated rings. The standard InChI is InChI=1S/C18H19FN4O2/c19-14-9-20-18(21-10-14)23-7-6-22-12-16(8-15(22)11-23)25-17(24)13-4-2-1-3-5-13/h1-5,9-10,15-16H,6-8,11-12H2. The molecule has 1 aromatic heterocycles. The van der Waals surface area contributed by atoms with Gasteiger partial charge >= 0.3 is 5.97 Å². The molecule has 0 saturated carbocycles. The van der Waals surface area contributed by atoms with Crippen LogP contribution < -0.4 is 4.90 Å². The Balaban J connectivity index is 1.37. The van der Waals surface area contributed by atoms with E-state index < -0.39 is 5.82 Å². The molecule has 3 heterocycles. The number of benzene rings is 1. The third-order valence-electron chi connectivity index (χ3n) is 4.75. The highest BCUT2D eigenvalue weighted by atomic mass is 19.1. The zero-order chi connectivity index (χ0) is 17.2. The molecule has 0 spiro atoms. The zero-order valence-electron chi connectivity index (χ0n) is 13.7. The maximum Gasteiger partial charge on any atom is 0.338 e. The molecule has 2 aromatic rings. The SMILES string of the molecule is O=C(OC1CC2CN(c3ncc(F)cn3)CCN2C1)c1ccccc1. The molecule has 4 rings (SSSR count). The van der Waals surface area contributed by atoms with Crippen molar-refractivity contribution >= 4 is 11.9 Å². The van der Waals surface area contributed by atoms with Gasteiger partial charge < -0.3 is 9.64 Å². The summed E-state index contributed by atoms with van der Waals surface area (Å²) >= 11 is 0. The predicted octanol–water partition coefficient (Wildman–Crippen LogP) is 1.74. The third kappa shape index (κ3) is 3.46. The summed E-state index contributed by atoms with van der Waals surface area (Å²) in [6.07, 6.45) is 3.06. The van der Waals surface area contributed by atoms with E-state index in [0.717, 1.165) is 32.6 Å². The molecule has 2 saturated heterocycles. The second-order valence-corrected chi connectivity index (χ2v) is 6.43. The highest BCUT2D eigenvalue weighted by molar-refractivity contribution is 5.89. The van der Waals surface area contributed by atoms with E-state index in [1.165, 1.54) is 12.4 Å². The van der Waals surface area contributed by atoms with Gasteiger partial charge in [0, 0.05) is 38.6 Å². The van der Waals surface area contributed by atoms with Crippen LogP contribution in [0.5, 0.6) is 0 Å². The molecule has 2 aliphatic rings. The van der Waals surface area contributed by atoms with Gasteiger partial charge in [-0.3, -0.25) is 4.90 Å². The number of nitrogens with zero attached hydrogens (tertiary/aromatic N) is 4. The molecule has 2 atom stereocenters. The van der Waals surface area contributed by atoms with Crippen LogP contribution in [0.15, 0.2) is 42.7 Å². The lowest BCUT2D eigenvalue weighted by Crippen LogP contribution is -2.50. The zero-order valence-corrected chi connectivity index (χ0v) is 13.7. The monoisotopic (exact) mass is 342 g/mol. The molecule has 0 aliphatic carbocycles. The Labute approximate surface area is 145 Å². The minimum Gasteiger partial charge on any atom is -0.457 e. The Kier molecular flexibility index (Phi) is 4.31. The number of halogens is 1. The molecule has 2 unspecified atom stereocenters. The maximum absolute atomic E-state index is 13.0. The van der Waals surface area contributed by atoms with Crippen LogP contribution >= 0.6 is 0 Å². The summed E-state index contributed by atoms with van der Waals surface area (Å²) in [4.78, 5) is 24.7. The third-order valence-corrected chi connectivity index (χ3v) is 4.75. The van der Waals surface area contributed by atoms with Gasteiger partial charge in [-0.15, -0.1) is 0 Å². The first-order chi connectivity index (χ1) is 12.2. The van der Waals surface area contributed by atoms with E-state index in [2.05, 4.69) is 19.8 Å². The van der Waals surface area contributed by atoms with Crippen molar-refractivity contribution in [3.05, 3.63) is 54.1 Å². The predicted molar refractivity (Wildman–Crippen MR) is 89.8 cm³/mol. The largest absolute Gasteiger partial charge is 0.457 e. The number of hydrogen-bond donors (Lipinski definition) is 0. The van der Waals surface area contributed by atoms with Crippen LogP contribution in [-0.2, 0) is 4.74 Å². The van der Waals surface area contributed by atoms with Crippen molar-refractivity contribution in [3.63, 3.8) is 0 Å². The Morgan fingerprint density at radius 1 is 1.12 bits per heavy atom. The fourth-order valence-corrected chi connectivity index (χ4v) is 3.53. The van der Waals surface area contributed by atoms with E-state index >= 15 is 0 Å². The smallest absolute Gasteiger partial charge is 0.338 e. The van der Waals surface area contributed by atoms with Crippen molar-refractivity contribution in [2.45, 2.75) is 18.6 Å². The van der Waals surface area contributed by atoms with Crippen LogP contribution in [0.3, 0.4) is 0 Å². The van der Waals surface area contributed by atoms with Gasteiger partial charge in [0.25, 0.3) is 0 Å². The van der Waals surface area contributed by atoms with Crippen LogP contribution in [0.2, 0.25) is 0 Å². The molecule has 130 valence electrons. The minimum absolute atomic E-state index is 0.105. The number of carbonyl (C=O) groups is 1. The molecule has 0 amide bonds. The minimum atomic E-state index is -0.434. The molecule has 6 nitrogen and oxygen atoms in total. The fraction of sp³-hybridized carbons (Fsp3) is 0.389. The number of piperazine rings is 1. The van der Waals surface area contributed by atoms with Crippen molar-refractivity contribution in [2.75, 3.05) is 31.1 Å². The van der Waals surface area contributed by atoms with E-state index in [1.807, 2.05) is 18.2 Å². The molecule has 2 aliphatic heterocycles. The van der Waals surface area contributed by atoms with Gasteiger partial charge in [0.05, 0.1) is 18.0 Å². The lowest BCUT2D eigenvalue weighted by molar-refractivity contribution is 0.0323. The van der Waals surface area contributed by atoms with E-state index in [0.29, 0.717) is 11.5 Å². The average molecular weight is 342 g/mol. The molecule has 0 bridgehead atoms. The van der Waals surface area contributed by atoms with Gasteiger partial charge in [0.1, 0.15) is 6.10 Å². The van der Waals surface area contributed by atoms with Crippen LogP contribution in [0.25, 0.3) is 0 Å². The highest BCUT2D eigenvalue weighted by Crippen LogP contribution is 2.26. The van der Waals surface area contributed by atoms with E-state index in [4.69, 9.17) is 4.74 Å². The highest BCUT2D eigenvalue weighted by Gasteiger charge is 2.38. The van der Waals surface area contributed by atoms with E-state index in [9.17, 15) is 9.18 Å². The second kappa shape index (κ2) is 6.76. The van der Waals surface area contributed by atoms with Crippen molar-refractivity contribution in [2.24, 2.45) is 0 Å². The topological polar surface area (TPSA) is 58.6 Å². The first-order valence-corrected chi connectivity index (χ1v) is 8.41. The van der Waals surface area contributed by atoms with Crippen molar-refractivity contribution in [3.8, 4) is 0 Å². The Bertz CT molecular complexity index is 741. The van der Waals surface area contributed by atoms with Gasteiger partial charge in [-0.2, -0.15) is 0 Å². The summed E-state index contributed by atoms with van der Waals surface area (Å²) < 4.78 is 18.6. The molecule has 1 aromatic carbocycles. The van der Waals surface area contributed by atoms with Crippen molar-refractivity contribution in [1.82, 2.24) is 14.9 Å². The fourth-order valence-electron chi connectivity index (χ4n) is 3.53. The van der Waals surface area contributed by atoms with Crippen molar-refractivity contribution < 1.29 is 13.9 Å². The summed E-state index contributed by atoms with van der Waals surface area (Å²) in [5.41, 5.74) is 0.578. The Morgan fingerprint density at radius 3 is 2.64 bits per heavy atom. The van der Waals surface area contributed by atoms with Crippen LogP contribution in [0.4, 0.5) is 10.3 Å². The molecule has 25 heavy (non-hydrogen) atoms. The number of anilines is 1. The Hall–Kier alpha value is -2.54. The van der Waals surface area contributed by atoms with E-state index in [-0.39, 0.29) is 18.1 Å². The molecule has 7 heteroatoms. The molecule has 0 radical (unpaired) electrons. The van der Waals surface area contributed by atoms with Crippen LogP contribution in [0, 0.1) is 5.82 Å². The van der Waals surface area contributed by atoms with Gasteiger partial charge in [-0.25, -0.2) is 19.2 Å². The normalized spacial score (nSPS) is 23.3. The Morgan fingerprint density at radius 2 is 1.88 bits per heavy atom. The first-order valence-electron chi connectivity index (χ1n) is 8.41. The molecular formula is C18H19FN4O2. The summed E-state index contributed by atoms with van der Waals surface area (Å²) in [5, 5.41) is 0. The number of fused-ring (bicyclic) bond motifs is 1. The number of rotatable bonds is 3. The second-order valence-electron chi connectivity index (χ2n) is 6.43. The van der Waals surface area contributed by atoms with Gasteiger partial charge in [0.2, 0.25) is 5.95 Å². The number of carbonyl (C=O) groups excluding carboxylic acids is 1. The van der Waals surface area contributed by atoms with Crippen molar-refractivity contribution in [1.29, 1.82) is 0 Å². The summed E-state index contributed by atoms with van der Waals surface area (Å²) in [6.45, 7) is 3.14. The summed E-state index contributed by atoms with van der Waals surface area (Å²) in [5.74, 6) is -0.161. The molecule has 0 N–H and O–H groups in total. The maximum atomic E-state index is 13.0. The van der Waals surface area contributed by atoms with E-state index in [1.54, 1.807) is 12.1 Å². The number of aromatic nitrogens is 2. The van der Waals surface area contributed by atoms with Crippen LogP contribution in [0.1, 0.15) is 16.8 Å². The average Bonchev–Trinajstić information content (AvgIpc) is 3.04. The number of esters is 1. The summed E-state index contributed by atoms with van der Waals surface area (Å²) in [7, 11) is 0. The number of ether oxygens (including phenoxy) is 1. The molecular weight excluding hydrogens is 323 g/mol. The lowest BCUT2D eigenvalue weighted by Gasteiger charge is -2.37. The van der Waals surface area contributed by atoms with Gasteiger partial charge in [-0.1, -0.05) is 18.2 Å². The lowest BCUT2D eigenvalue weighted by atomic mass is 10.1. The van der Waals surface area contributed by atoms with Gasteiger partial charge in [-0.05, 0) is 12.1 Å². The first kappa shape index (κ1) is 16.0. The summed E-state index contributed by atoms with van der Waals surface area (Å²) in [6, 6.07) is 9.34. The van der Waals surface area contributed by atoms with Gasteiger partial charge in [0.15, 0.2) is 5.82 Å². The quantitative estimate of drug-likeness (QED) is 0.792. The number of hydrogen-bond acceptors (Lipinski definition) is 6. The van der Waals surface area contributed by atoms with Crippen LogP contribution in [-0.4, -0.2) is 59.2 Å².